The van der Waals surface area contributed by atoms with Gasteiger partial charge in [0.15, 0.2) is 5.16 Å². The van der Waals surface area contributed by atoms with Gasteiger partial charge >= 0.3 is 12.4 Å². The highest BCUT2D eigenvalue weighted by Gasteiger charge is 2.80. The Kier molecular flexibility index (Phi) is 7.25. The van der Waals surface area contributed by atoms with Crippen molar-refractivity contribution in [2.45, 2.75) is 84.2 Å². The summed E-state index contributed by atoms with van der Waals surface area (Å²) >= 11 is 0.914. The topological polar surface area (TPSA) is 6.48 Å². The van der Waals surface area contributed by atoms with E-state index in [-0.39, 0.29) is 23.7 Å². The zero-order chi connectivity index (χ0) is 24.1. The van der Waals surface area contributed by atoms with Crippen LogP contribution in [0.25, 0.3) is 0 Å². The van der Waals surface area contributed by atoms with Crippen molar-refractivity contribution in [1.82, 2.24) is 9.80 Å². The van der Waals surface area contributed by atoms with Crippen LogP contribution in [-0.4, -0.2) is 53.5 Å². The molecule has 1 fully saturated rings. The molecule has 3 aliphatic rings. The van der Waals surface area contributed by atoms with Crippen LogP contribution in [0.5, 0.6) is 0 Å². The minimum absolute atomic E-state index is 0.0417. The molecule has 2 heterocycles. The fraction of sp³-hybridized carbons (Fsp3) is 0.818. The van der Waals surface area contributed by atoms with Crippen molar-refractivity contribution in [1.29, 1.82) is 0 Å². The SMILES string of the molecule is CCN(CC)C1=C(N(CC)CC)C2(C(F)(F)F)C(C(F)(F)F)=C(C3(C)CCCCC3)SP12. The number of rotatable bonds is 7. The van der Waals surface area contributed by atoms with Crippen LogP contribution >= 0.6 is 18.5 Å². The summed E-state index contributed by atoms with van der Waals surface area (Å²) in [7, 11) is -2.15. The van der Waals surface area contributed by atoms with E-state index in [0.717, 1.165) is 30.6 Å². The molecule has 2 aliphatic heterocycles. The first-order chi connectivity index (χ1) is 14.8. The fourth-order valence-corrected chi connectivity index (χ4v) is 12.7. The van der Waals surface area contributed by atoms with E-state index in [0.29, 0.717) is 31.4 Å². The summed E-state index contributed by atoms with van der Waals surface area (Å²) in [5.74, 6) is 0. The molecule has 1 aliphatic carbocycles. The Morgan fingerprint density at radius 3 is 1.75 bits per heavy atom. The van der Waals surface area contributed by atoms with Crippen LogP contribution in [-0.2, 0) is 0 Å². The van der Waals surface area contributed by atoms with Crippen molar-refractivity contribution in [2.24, 2.45) is 5.41 Å². The number of nitrogens with zero attached hydrogens (tertiary/aromatic N) is 2. The lowest BCUT2D eigenvalue weighted by atomic mass is 9.72. The average molecular weight is 503 g/mol. The predicted octanol–water partition coefficient (Wildman–Crippen LogP) is 8.08. The third kappa shape index (κ3) is 3.68. The number of allylic oxidation sites excluding steroid dienone is 2. The maximum absolute atomic E-state index is 15.0. The molecule has 0 N–H and O–H groups in total. The third-order valence-corrected chi connectivity index (χ3v) is 12.8. The molecule has 2 unspecified atom stereocenters. The quantitative estimate of drug-likeness (QED) is 0.257. The molecule has 10 heteroatoms. The highest BCUT2D eigenvalue weighted by molar-refractivity contribution is 8.60. The van der Waals surface area contributed by atoms with Gasteiger partial charge in [-0.25, -0.2) is 0 Å². The first-order valence-electron chi connectivity index (χ1n) is 11.5. The van der Waals surface area contributed by atoms with E-state index in [1.165, 1.54) is 4.90 Å². The van der Waals surface area contributed by atoms with E-state index in [2.05, 4.69) is 0 Å². The molecule has 0 saturated heterocycles. The number of alkyl halides is 6. The Morgan fingerprint density at radius 2 is 1.34 bits per heavy atom. The number of hydrogen-bond donors (Lipinski definition) is 0. The zero-order valence-electron chi connectivity index (χ0n) is 19.4. The van der Waals surface area contributed by atoms with Gasteiger partial charge in [0.2, 0.25) is 0 Å². The fourth-order valence-electron chi connectivity index (χ4n) is 5.50. The van der Waals surface area contributed by atoms with Gasteiger partial charge < -0.3 is 9.80 Å². The van der Waals surface area contributed by atoms with E-state index in [4.69, 9.17) is 0 Å². The lowest BCUT2D eigenvalue weighted by Gasteiger charge is -2.55. The maximum atomic E-state index is 15.0. The Labute approximate surface area is 192 Å². The zero-order valence-corrected chi connectivity index (χ0v) is 21.1. The van der Waals surface area contributed by atoms with Gasteiger partial charge in [0, 0.05) is 38.2 Å². The van der Waals surface area contributed by atoms with Gasteiger partial charge in [-0.3, -0.25) is 0 Å². The Bertz CT molecular complexity index is 776. The van der Waals surface area contributed by atoms with Gasteiger partial charge in [-0.2, -0.15) is 26.3 Å². The predicted molar refractivity (Wildman–Crippen MR) is 120 cm³/mol. The number of hydrogen-bond acceptors (Lipinski definition) is 3. The summed E-state index contributed by atoms with van der Waals surface area (Å²) in [5, 5.41) is -2.94. The standard InChI is InChI=1S/C22H33F6N2PS/c1-6-29(7-2)16-18(30(8-3)9-4)31-20(16,22(26,27)28)15(21(23,24)25)17(32-31)19(5)13-11-10-12-14-19/h6-14H2,1-5H3. The molecule has 3 rings (SSSR count). The van der Waals surface area contributed by atoms with Crippen molar-refractivity contribution in [3.63, 3.8) is 0 Å². The van der Waals surface area contributed by atoms with Crippen molar-refractivity contribution in [2.75, 3.05) is 26.2 Å². The van der Waals surface area contributed by atoms with Gasteiger partial charge in [0.25, 0.3) is 0 Å². The molecule has 0 bridgehead atoms. The lowest BCUT2D eigenvalue weighted by molar-refractivity contribution is -0.172. The molecule has 2 atom stereocenters. The second-order valence-electron chi connectivity index (χ2n) is 8.93. The van der Waals surface area contributed by atoms with Crippen LogP contribution in [0, 0.1) is 5.41 Å². The monoisotopic (exact) mass is 502 g/mol. The van der Waals surface area contributed by atoms with Crippen LogP contribution in [0.4, 0.5) is 26.3 Å². The summed E-state index contributed by atoms with van der Waals surface area (Å²) < 4.78 is 89.1. The first kappa shape index (κ1) is 26.1. The van der Waals surface area contributed by atoms with Crippen molar-refractivity contribution in [3.05, 3.63) is 21.6 Å². The normalized spacial score (nSPS) is 28.0. The van der Waals surface area contributed by atoms with E-state index in [1.54, 1.807) is 20.8 Å². The summed E-state index contributed by atoms with van der Waals surface area (Å²) in [6.07, 6.45) is -6.62. The molecule has 2 nitrogen and oxygen atoms in total. The average Bonchev–Trinajstić information content (AvgIpc) is 3.03. The molecule has 0 amide bonds. The van der Waals surface area contributed by atoms with E-state index < -0.39 is 35.6 Å². The molecular weight excluding hydrogens is 469 g/mol. The van der Waals surface area contributed by atoms with Crippen LogP contribution in [0.2, 0.25) is 0 Å². The second kappa shape index (κ2) is 8.90. The highest BCUT2D eigenvalue weighted by Crippen LogP contribution is 2.91. The second-order valence-corrected chi connectivity index (χ2v) is 12.9. The van der Waals surface area contributed by atoms with E-state index in [1.807, 2.05) is 18.7 Å². The van der Waals surface area contributed by atoms with Crippen LogP contribution in [0.15, 0.2) is 21.6 Å². The largest absolute Gasteiger partial charge is 0.415 e. The molecule has 184 valence electrons. The lowest BCUT2D eigenvalue weighted by Crippen LogP contribution is -2.59. The Morgan fingerprint density at radius 1 is 0.844 bits per heavy atom. The summed E-state index contributed by atoms with van der Waals surface area (Å²) in [6, 6.07) is 0. The van der Waals surface area contributed by atoms with Crippen molar-refractivity contribution < 1.29 is 26.3 Å². The molecule has 0 aromatic carbocycles. The minimum atomic E-state index is -5.04. The summed E-state index contributed by atoms with van der Waals surface area (Å²) in [4.78, 5) is 3.31. The van der Waals surface area contributed by atoms with Crippen LogP contribution in [0.3, 0.4) is 0 Å². The maximum Gasteiger partial charge on any atom is 0.415 e. The smallest absolute Gasteiger partial charge is 0.372 e. The van der Waals surface area contributed by atoms with Crippen LogP contribution < -0.4 is 0 Å². The number of fused-ring (bicyclic) bond motifs is 1. The molecule has 0 spiro atoms. The minimum Gasteiger partial charge on any atom is -0.372 e. The van der Waals surface area contributed by atoms with Gasteiger partial charge in [-0.1, -0.05) is 37.6 Å². The Balaban J connectivity index is 2.36. The molecule has 32 heavy (non-hydrogen) atoms. The molecule has 1 saturated carbocycles. The van der Waals surface area contributed by atoms with Gasteiger partial charge in [-0.15, -0.1) is 0 Å². The molecule has 0 aromatic heterocycles. The highest BCUT2D eigenvalue weighted by atomic mass is 32.7. The number of halogens is 6. The van der Waals surface area contributed by atoms with Crippen LogP contribution in [0.1, 0.15) is 66.7 Å². The van der Waals surface area contributed by atoms with Gasteiger partial charge in [-0.05, 0) is 46.0 Å². The van der Waals surface area contributed by atoms with Crippen molar-refractivity contribution >= 4 is 18.5 Å². The molecule has 0 radical (unpaired) electrons. The molecular formula is C22H33F6N2PS. The molecule has 0 aromatic rings. The van der Waals surface area contributed by atoms with Gasteiger partial charge in [0.1, 0.15) is 0 Å². The summed E-state index contributed by atoms with van der Waals surface area (Å²) in [6.45, 7) is 10.3. The third-order valence-electron chi connectivity index (χ3n) is 7.16. The summed E-state index contributed by atoms with van der Waals surface area (Å²) in [5.41, 5.74) is -1.82. The van der Waals surface area contributed by atoms with Crippen molar-refractivity contribution in [3.8, 4) is 0 Å². The first-order valence-corrected chi connectivity index (χ1v) is 14.2. The van der Waals surface area contributed by atoms with Gasteiger partial charge in [0.05, 0.1) is 16.7 Å². The Hall–Kier alpha value is -0.560. The van der Waals surface area contributed by atoms with E-state index in [9.17, 15) is 13.2 Å². The van der Waals surface area contributed by atoms with E-state index >= 15 is 13.2 Å².